The number of nitrogens with two attached hydrogens (primary N) is 1. The molecule has 5 aromatic rings. The highest BCUT2D eigenvalue weighted by atomic mass is 16.3. The van der Waals surface area contributed by atoms with Crippen molar-refractivity contribution in [1.82, 2.24) is 15.0 Å². The first-order valence-electron chi connectivity index (χ1n) is 11.2. The molecule has 0 aliphatic carbocycles. The Morgan fingerprint density at radius 3 is 2.49 bits per heavy atom. The van der Waals surface area contributed by atoms with Gasteiger partial charge in [-0.2, -0.15) is 4.98 Å². The summed E-state index contributed by atoms with van der Waals surface area (Å²) in [6.45, 7) is -0.111. The number of aliphatic hydroxyl groups excluding tert-OH is 1. The van der Waals surface area contributed by atoms with Gasteiger partial charge in [0.25, 0.3) is 0 Å². The standard InChI is InChI=1S/C27H25N5O3/c28-27-31-24(22-12-17(7-10-25(22)35)16-5-8-20(34)9-6-16)13-26(32-27)30-19(15-33)11-18-14-29-23-4-2-1-3-21(18)23/h1-10,12-14,19,29,33-35H,11,15H2,(H3,28,30,31,32)/t19-/m1/s1. The van der Waals surface area contributed by atoms with E-state index in [0.29, 0.717) is 23.5 Å². The zero-order chi connectivity index (χ0) is 24.4. The number of hydrogen-bond donors (Lipinski definition) is 6. The van der Waals surface area contributed by atoms with Crippen molar-refractivity contribution < 1.29 is 15.3 Å². The topological polar surface area (TPSA) is 140 Å². The molecule has 3 aromatic carbocycles. The number of phenols is 2. The van der Waals surface area contributed by atoms with E-state index in [0.717, 1.165) is 27.6 Å². The Bertz CT molecular complexity index is 1480. The van der Waals surface area contributed by atoms with Crippen molar-refractivity contribution in [2.75, 3.05) is 17.7 Å². The molecule has 0 saturated carbocycles. The van der Waals surface area contributed by atoms with Crippen molar-refractivity contribution in [1.29, 1.82) is 0 Å². The summed E-state index contributed by atoms with van der Waals surface area (Å²) in [5.74, 6) is 0.719. The molecule has 176 valence electrons. The average Bonchev–Trinajstić information content (AvgIpc) is 3.27. The fourth-order valence-corrected chi connectivity index (χ4v) is 4.19. The number of anilines is 2. The molecule has 0 fully saturated rings. The van der Waals surface area contributed by atoms with Crippen LogP contribution in [0.3, 0.4) is 0 Å². The van der Waals surface area contributed by atoms with Crippen LogP contribution >= 0.6 is 0 Å². The van der Waals surface area contributed by atoms with Gasteiger partial charge in [0.2, 0.25) is 5.95 Å². The molecule has 35 heavy (non-hydrogen) atoms. The third-order valence-corrected chi connectivity index (χ3v) is 5.93. The summed E-state index contributed by atoms with van der Waals surface area (Å²) in [6, 6.07) is 21.4. The van der Waals surface area contributed by atoms with E-state index < -0.39 is 0 Å². The fourth-order valence-electron chi connectivity index (χ4n) is 4.19. The molecule has 8 nitrogen and oxygen atoms in total. The van der Waals surface area contributed by atoms with E-state index >= 15 is 0 Å². The number of fused-ring (bicyclic) bond motifs is 1. The number of aromatic nitrogens is 3. The van der Waals surface area contributed by atoms with Gasteiger partial charge < -0.3 is 31.4 Å². The SMILES string of the molecule is Nc1nc(N[C@@H](CO)Cc2c[nH]c3ccccc23)cc(-c2cc(-c3ccc(O)cc3)ccc2O)n1. The summed E-state index contributed by atoms with van der Waals surface area (Å²) < 4.78 is 0. The maximum atomic E-state index is 10.6. The maximum Gasteiger partial charge on any atom is 0.222 e. The monoisotopic (exact) mass is 467 g/mol. The van der Waals surface area contributed by atoms with E-state index in [2.05, 4.69) is 20.3 Å². The van der Waals surface area contributed by atoms with Gasteiger partial charge in [0.05, 0.1) is 18.3 Å². The van der Waals surface area contributed by atoms with E-state index in [-0.39, 0.29) is 30.1 Å². The molecule has 0 radical (unpaired) electrons. The molecule has 1 atom stereocenters. The maximum absolute atomic E-state index is 10.6. The molecule has 0 unspecified atom stereocenters. The number of aromatic hydroxyl groups is 2. The second-order valence-electron chi connectivity index (χ2n) is 8.36. The highest BCUT2D eigenvalue weighted by Crippen LogP contribution is 2.34. The summed E-state index contributed by atoms with van der Waals surface area (Å²) in [6.07, 6.45) is 2.52. The first kappa shape index (κ1) is 22.2. The number of hydrogen-bond acceptors (Lipinski definition) is 7. The number of aliphatic hydroxyl groups is 1. The van der Waals surface area contributed by atoms with E-state index in [1.807, 2.05) is 36.5 Å². The zero-order valence-electron chi connectivity index (χ0n) is 18.8. The number of nitrogen functional groups attached to an aromatic ring is 1. The summed E-state index contributed by atoms with van der Waals surface area (Å²) in [4.78, 5) is 11.9. The Hall–Kier alpha value is -4.56. The molecule has 7 N–H and O–H groups in total. The van der Waals surface area contributed by atoms with Gasteiger partial charge in [0.15, 0.2) is 0 Å². The van der Waals surface area contributed by atoms with Gasteiger partial charge >= 0.3 is 0 Å². The van der Waals surface area contributed by atoms with Gasteiger partial charge in [-0.15, -0.1) is 0 Å². The normalized spacial score (nSPS) is 12.0. The highest BCUT2D eigenvalue weighted by molar-refractivity contribution is 5.83. The Balaban J connectivity index is 1.43. The summed E-state index contributed by atoms with van der Waals surface area (Å²) in [7, 11) is 0. The van der Waals surface area contributed by atoms with Crippen LogP contribution in [0.4, 0.5) is 11.8 Å². The second kappa shape index (κ2) is 9.36. The second-order valence-corrected chi connectivity index (χ2v) is 8.36. The van der Waals surface area contributed by atoms with Gasteiger partial charge in [0, 0.05) is 28.7 Å². The fraction of sp³-hybridized carbons (Fsp3) is 0.111. The van der Waals surface area contributed by atoms with Crippen LogP contribution in [0, 0.1) is 0 Å². The number of H-pyrrole nitrogens is 1. The molecule has 0 bridgehead atoms. The van der Waals surface area contributed by atoms with Crippen LogP contribution in [-0.2, 0) is 6.42 Å². The molecular weight excluding hydrogens is 442 g/mol. The number of nitrogens with one attached hydrogen (secondary N) is 2. The Labute approximate surface area is 201 Å². The van der Waals surface area contributed by atoms with Crippen molar-refractivity contribution in [2.24, 2.45) is 0 Å². The minimum absolute atomic E-state index is 0.0446. The van der Waals surface area contributed by atoms with Crippen LogP contribution in [-0.4, -0.2) is 42.9 Å². The van der Waals surface area contributed by atoms with E-state index in [1.165, 1.54) is 0 Å². The van der Waals surface area contributed by atoms with Gasteiger partial charge in [-0.25, -0.2) is 4.98 Å². The highest BCUT2D eigenvalue weighted by Gasteiger charge is 2.16. The largest absolute Gasteiger partial charge is 0.508 e. The molecule has 2 heterocycles. The number of benzene rings is 3. The van der Waals surface area contributed by atoms with E-state index in [9.17, 15) is 15.3 Å². The predicted octanol–water partition coefficient (Wildman–Crippen LogP) is 4.30. The van der Waals surface area contributed by atoms with Crippen molar-refractivity contribution in [3.63, 3.8) is 0 Å². The van der Waals surface area contributed by atoms with Crippen molar-refractivity contribution in [3.8, 4) is 33.9 Å². The lowest BCUT2D eigenvalue weighted by Gasteiger charge is -2.18. The first-order valence-corrected chi connectivity index (χ1v) is 11.2. The third kappa shape index (κ3) is 4.73. The molecule has 0 amide bonds. The van der Waals surface area contributed by atoms with Crippen LogP contribution in [0.15, 0.2) is 79.0 Å². The quantitative estimate of drug-likeness (QED) is 0.210. The van der Waals surface area contributed by atoms with Crippen molar-refractivity contribution in [2.45, 2.75) is 12.5 Å². The lowest BCUT2D eigenvalue weighted by Crippen LogP contribution is -2.27. The van der Waals surface area contributed by atoms with E-state index in [1.54, 1.807) is 42.5 Å². The van der Waals surface area contributed by atoms with Crippen molar-refractivity contribution >= 4 is 22.7 Å². The summed E-state index contributed by atoms with van der Waals surface area (Å²) in [5, 5.41) is 34.5. The first-order chi connectivity index (χ1) is 17.0. The van der Waals surface area contributed by atoms with Crippen LogP contribution < -0.4 is 11.1 Å². The van der Waals surface area contributed by atoms with Crippen LogP contribution in [0.1, 0.15) is 5.56 Å². The Kier molecular flexibility index (Phi) is 5.95. The van der Waals surface area contributed by atoms with Crippen LogP contribution in [0.5, 0.6) is 11.5 Å². The number of para-hydroxylation sites is 1. The van der Waals surface area contributed by atoms with Crippen LogP contribution in [0.25, 0.3) is 33.3 Å². The lowest BCUT2D eigenvalue weighted by atomic mass is 10.0. The van der Waals surface area contributed by atoms with Crippen molar-refractivity contribution in [3.05, 3.63) is 84.6 Å². The summed E-state index contributed by atoms with van der Waals surface area (Å²) >= 11 is 0. The number of aromatic amines is 1. The number of phenolic OH excluding ortho intramolecular Hbond substituents is 2. The van der Waals surface area contributed by atoms with Gasteiger partial charge in [-0.3, -0.25) is 0 Å². The average molecular weight is 468 g/mol. The smallest absolute Gasteiger partial charge is 0.222 e. The van der Waals surface area contributed by atoms with Gasteiger partial charge in [-0.05, 0) is 53.4 Å². The minimum atomic E-state index is -0.312. The molecule has 5 rings (SSSR count). The Morgan fingerprint density at radius 1 is 0.914 bits per heavy atom. The molecule has 0 aliphatic heterocycles. The molecule has 0 aliphatic rings. The van der Waals surface area contributed by atoms with Gasteiger partial charge in [-0.1, -0.05) is 36.4 Å². The minimum Gasteiger partial charge on any atom is -0.508 e. The van der Waals surface area contributed by atoms with Gasteiger partial charge in [0.1, 0.15) is 17.3 Å². The zero-order valence-corrected chi connectivity index (χ0v) is 18.8. The predicted molar refractivity (Wildman–Crippen MR) is 137 cm³/mol. The molecule has 8 heteroatoms. The third-order valence-electron chi connectivity index (χ3n) is 5.93. The van der Waals surface area contributed by atoms with E-state index in [4.69, 9.17) is 5.73 Å². The molecule has 2 aromatic heterocycles. The van der Waals surface area contributed by atoms with Crippen LogP contribution in [0.2, 0.25) is 0 Å². The molecule has 0 saturated heterocycles. The summed E-state index contributed by atoms with van der Waals surface area (Å²) in [5.41, 5.74) is 10.8. The molecule has 0 spiro atoms. The molecular formula is C27H25N5O3. The lowest BCUT2D eigenvalue weighted by molar-refractivity contribution is 0.273. The number of rotatable bonds is 7. The number of nitrogens with zero attached hydrogens (tertiary/aromatic N) is 2. The Morgan fingerprint density at radius 2 is 1.69 bits per heavy atom.